The molecule has 180 valence electrons. The van der Waals surface area contributed by atoms with Crippen LogP contribution in [0.25, 0.3) is 0 Å². The lowest BCUT2D eigenvalue weighted by Crippen LogP contribution is -2.48. The lowest BCUT2D eigenvalue weighted by atomic mass is 9.83. The van der Waals surface area contributed by atoms with E-state index in [9.17, 15) is 8.42 Å². The van der Waals surface area contributed by atoms with Crippen LogP contribution < -0.4 is 14.4 Å². The van der Waals surface area contributed by atoms with E-state index in [-0.39, 0.29) is 18.2 Å². The molecule has 2 aliphatic rings. The average molecular weight is 474 g/mol. The molecule has 0 bridgehead atoms. The maximum absolute atomic E-state index is 12.0. The second-order valence-electron chi connectivity index (χ2n) is 9.25. The number of hydrogen-bond acceptors (Lipinski definition) is 6. The third-order valence-corrected chi connectivity index (χ3v) is 7.76. The van der Waals surface area contributed by atoms with Crippen molar-refractivity contribution < 1.29 is 17.9 Å². The highest BCUT2D eigenvalue weighted by molar-refractivity contribution is 7.88. The molecule has 0 spiro atoms. The molecule has 1 aromatic carbocycles. The van der Waals surface area contributed by atoms with Crippen LogP contribution in [0.1, 0.15) is 49.1 Å². The largest absolute Gasteiger partial charge is 0.495 e. The fourth-order valence-corrected chi connectivity index (χ4v) is 6.11. The summed E-state index contributed by atoms with van der Waals surface area (Å²) in [5.74, 6) is 1.32. The molecule has 0 amide bonds. The van der Waals surface area contributed by atoms with E-state index in [2.05, 4.69) is 44.9 Å². The van der Waals surface area contributed by atoms with Gasteiger partial charge in [0.1, 0.15) is 5.75 Å². The summed E-state index contributed by atoms with van der Waals surface area (Å²) in [5, 5.41) is 0. The summed E-state index contributed by atoms with van der Waals surface area (Å²) in [5.41, 5.74) is 3.38. The lowest BCUT2D eigenvalue weighted by Gasteiger charge is -2.34. The quantitative estimate of drug-likeness (QED) is 0.631. The van der Waals surface area contributed by atoms with Crippen molar-refractivity contribution in [2.24, 2.45) is 0 Å². The number of benzene rings is 1. The second kappa shape index (κ2) is 10.4. The number of methoxy groups -OCH3 is 1. The molecule has 1 saturated heterocycles. The Balaban J connectivity index is 1.44. The molecular formula is C25H35N3O4S. The van der Waals surface area contributed by atoms with Gasteiger partial charge in [-0.1, -0.05) is 30.3 Å². The van der Waals surface area contributed by atoms with Crippen LogP contribution in [0.15, 0.2) is 42.7 Å². The average Bonchev–Trinajstić information content (AvgIpc) is 3.19. The molecule has 2 atom stereocenters. The molecule has 4 rings (SSSR count). The summed E-state index contributed by atoms with van der Waals surface area (Å²) in [6.45, 7) is 3.22. The number of rotatable bonds is 8. The SMILES string of the molecule is COc1cncc(N2CC[C@H](NS(C)(=O)=O)[C@@H]2CO[C@H]2CC[C@@H](c3ccccc3)CC2)c1C. The summed E-state index contributed by atoms with van der Waals surface area (Å²) < 4.78 is 38.7. The highest BCUT2D eigenvalue weighted by atomic mass is 32.2. The van der Waals surface area contributed by atoms with Crippen LogP contribution in [0.4, 0.5) is 5.69 Å². The molecule has 1 aromatic heterocycles. The number of aromatic nitrogens is 1. The summed E-state index contributed by atoms with van der Waals surface area (Å²) >= 11 is 0. The normalized spacial score (nSPS) is 25.8. The summed E-state index contributed by atoms with van der Waals surface area (Å²) in [4.78, 5) is 6.56. The van der Waals surface area contributed by atoms with Crippen LogP contribution in [0.3, 0.4) is 0 Å². The van der Waals surface area contributed by atoms with Crippen molar-refractivity contribution in [1.29, 1.82) is 0 Å². The third kappa shape index (κ3) is 5.86. The summed E-state index contributed by atoms with van der Waals surface area (Å²) in [6, 6.07) is 10.4. The van der Waals surface area contributed by atoms with Gasteiger partial charge in [-0.05, 0) is 50.5 Å². The van der Waals surface area contributed by atoms with Gasteiger partial charge in [0.05, 0.1) is 50.2 Å². The van der Waals surface area contributed by atoms with E-state index in [0.29, 0.717) is 12.5 Å². The van der Waals surface area contributed by atoms with E-state index < -0.39 is 10.0 Å². The fraction of sp³-hybridized carbons (Fsp3) is 0.560. The van der Waals surface area contributed by atoms with Crippen LogP contribution in [-0.4, -0.2) is 58.1 Å². The van der Waals surface area contributed by atoms with Gasteiger partial charge in [-0.3, -0.25) is 4.98 Å². The number of ether oxygens (including phenoxy) is 2. The van der Waals surface area contributed by atoms with Crippen molar-refractivity contribution >= 4 is 15.7 Å². The van der Waals surface area contributed by atoms with Gasteiger partial charge in [0.15, 0.2) is 0 Å². The first kappa shape index (κ1) is 24.0. The van der Waals surface area contributed by atoms with Crippen molar-refractivity contribution in [2.45, 2.75) is 63.1 Å². The zero-order valence-corrected chi connectivity index (χ0v) is 20.6. The molecule has 1 aliphatic heterocycles. The van der Waals surface area contributed by atoms with Gasteiger partial charge in [0, 0.05) is 18.2 Å². The predicted octanol–water partition coefficient (Wildman–Crippen LogP) is 3.64. The number of hydrogen-bond donors (Lipinski definition) is 1. The molecule has 2 aromatic rings. The van der Waals surface area contributed by atoms with Gasteiger partial charge in [0.2, 0.25) is 10.0 Å². The number of pyridine rings is 1. The van der Waals surface area contributed by atoms with Crippen molar-refractivity contribution in [1.82, 2.24) is 9.71 Å². The molecule has 1 N–H and O–H groups in total. The summed E-state index contributed by atoms with van der Waals surface area (Å²) in [7, 11) is -1.69. The maximum Gasteiger partial charge on any atom is 0.209 e. The highest BCUT2D eigenvalue weighted by Crippen LogP contribution is 2.36. The molecule has 0 radical (unpaired) electrons. The Morgan fingerprint density at radius 2 is 1.82 bits per heavy atom. The molecular weight excluding hydrogens is 438 g/mol. The Bertz CT molecular complexity index is 1020. The first-order chi connectivity index (χ1) is 15.9. The Morgan fingerprint density at radius 3 is 2.48 bits per heavy atom. The number of nitrogens with zero attached hydrogens (tertiary/aromatic N) is 2. The monoisotopic (exact) mass is 473 g/mol. The van der Waals surface area contributed by atoms with Crippen molar-refractivity contribution in [3.05, 3.63) is 53.9 Å². The number of anilines is 1. The topological polar surface area (TPSA) is 80.8 Å². The Morgan fingerprint density at radius 1 is 1.09 bits per heavy atom. The highest BCUT2D eigenvalue weighted by Gasteiger charge is 2.38. The van der Waals surface area contributed by atoms with Gasteiger partial charge in [0.25, 0.3) is 0 Å². The van der Waals surface area contributed by atoms with E-state index >= 15 is 0 Å². The zero-order valence-electron chi connectivity index (χ0n) is 19.7. The summed E-state index contributed by atoms with van der Waals surface area (Å²) in [6.07, 6.45) is 9.97. The predicted molar refractivity (Wildman–Crippen MR) is 130 cm³/mol. The first-order valence-corrected chi connectivity index (χ1v) is 13.6. The molecule has 0 unspecified atom stereocenters. The second-order valence-corrected chi connectivity index (χ2v) is 11.0. The van der Waals surface area contributed by atoms with E-state index in [1.165, 1.54) is 11.8 Å². The first-order valence-electron chi connectivity index (χ1n) is 11.7. The van der Waals surface area contributed by atoms with Crippen molar-refractivity contribution in [3.8, 4) is 5.75 Å². The number of nitrogens with one attached hydrogen (secondary N) is 1. The van der Waals surface area contributed by atoms with Crippen molar-refractivity contribution in [3.63, 3.8) is 0 Å². The minimum atomic E-state index is -3.32. The van der Waals surface area contributed by atoms with E-state index in [4.69, 9.17) is 9.47 Å². The van der Waals surface area contributed by atoms with Crippen LogP contribution >= 0.6 is 0 Å². The van der Waals surface area contributed by atoms with Crippen LogP contribution in [0.5, 0.6) is 5.75 Å². The standard InChI is InChI=1S/C25H35N3O4S/c1-18-23(15-26-16-25(18)31-2)28-14-13-22(27-33(3,29)30)24(28)17-32-21-11-9-20(10-12-21)19-7-5-4-6-8-19/h4-8,15-16,20-22,24,27H,9-14,17H2,1-3H3/t20-,21+,22-,24-/m0/s1. The minimum absolute atomic E-state index is 0.0980. The van der Waals surface area contributed by atoms with E-state index in [1.807, 2.05) is 13.1 Å². The molecule has 33 heavy (non-hydrogen) atoms. The number of sulfonamides is 1. The van der Waals surface area contributed by atoms with Crippen LogP contribution in [-0.2, 0) is 14.8 Å². The van der Waals surface area contributed by atoms with Gasteiger partial charge >= 0.3 is 0 Å². The molecule has 2 heterocycles. The maximum atomic E-state index is 12.0. The fourth-order valence-electron chi connectivity index (χ4n) is 5.28. The van der Waals surface area contributed by atoms with Crippen LogP contribution in [0, 0.1) is 6.92 Å². The Labute approximate surface area is 197 Å². The molecule has 2 fully saturated rings. The minimum Gasteiger partial charge on any atom is -0.495 e. The Kier molecular flexibility index (Phi) is 7.56. The van der Waals surface area contributed by atoms with Gasteiger partial charge < -0.3 is 14.4 Å². The molecule has 1 aliphatic carbocycles. The van der Waals surface area contributed by atoms with E-state index in [1.54, 1.807) is 13.3 Å². The van der Waals surface area contributed by atoms with Gasteiger partial charge in [-0.15, -0.1) is 0 Å². The zero-order chi connectivity index (χ0) is 23.4. The lowest BCUT2D eigenvalue weighted by molar-refractivity contribution is 0.0156. The van der Waals surface area contributed by atoms with Crippen molar-refractivity contribution in [2.75, 3.05) is 31.4 Å². The Hall–Kier alpha value is -2.16. The van der Waals surface area contributed by atoms with Gasteiger partial charge in [-0.2, -0.15) is 0 Å². The van der Waals surface area contributed by atoms with Gasteiger partial charge in [-0.25, -0.2) is 13.1 Å². The third-order valence-electron chi connectivity index (χ3n) is 7.03. The smallest absolute Gasteiger partial charge is 0.209 e. The molecule has 8 heteroatoms. The molecule has 1 saturated carbocycles. The van der Waals surface area contributed by atoms with E-state index in [0.717, 1.165) is 55.6 Å². The van der Waals surface area contributed by atoms with Crippen LogP contribution in [0.2, 0.25) is 0 Å². The molecule has 7 nitrogen and oxygen atoms in total.